The highest BCUT2D eigenvalue weighted by Crippen LogP contribution is 2.35. The second kappa shape index (κ2) is 7.12. The highest BCUT2D eigenvalue weighted by molar-refractivity contribution is 6.00. The summed E-state index contributed by atoms with van der Waals surface area (Å²) >= 11 is 0. The zero-order valence-corrected chi connectivity index (χ0v) is 13.4. The molecule has 0 saturated heterocycles. The molecule has 0 bridgehead atoms. The molecule has 25 heavy (non-hydrogen) atoms. The number of carbonyl (C=O) groups is 2. The van der Waals surface area contributed by atoms with E-state index in [1.165, 1.54) is 12.1 Å². The maximum atomic E-state index is 12.3. The normalized spacial score (nSPS) is 13.2. The molecule has 0 radical (unpaired) electrons. The van der Waals surface area contributed by atoms with Gasteiger partial charge < -0.3 is 24.1 Å². The van der Waals surface area contributed by atoms with Crippen molar-refractivity contribution in [3.63, 3.8) is 0 Å². The van der Waals surface area contributed by atoms with Crippen molar-refractivity contribution in [1.82, 2.24) is 0 Å². The molecule has 7 heteroatoms. The summed E-state index contributed by atoms with van der Waals surface area (Å²) in [6.45, 7) is 0.0373. The van der Waals surface area contributed by atoms with Crippen molar-refractivity contribution in [2.24, 2.45) is 0 Å². The van der Waals surface area contributed by atoms with Crippen LogP contribution >= 0.6 is 0 Å². The molecule has 1 aliphatic rings. The predicted octanol–water partition coefficient (Wildman–Crippen LogP) is 2.34. The SMILES string of the molecule is COc1ccc(COC(=O)[C@@H](C(=O)O)c2ccc3c(c2)OCO3)cc1. The van der Waals surface area contributed by atoms with E-state index in [1.807, 2.05) is 0 Å². The van der Waals surface area contributed by atoms with Crippen molar-refractivity contribution >= 4 is 11.9 Å². The topological polar surface area (TPSA) is 91.3 Å². The number of aliphatic carboxylic acids is 1. The van der Waals surface area contributed by atoms with Crippen LogP contribution in [-0.4, -0.2) is 30.9 Å². The third kappa shape index (κ3) is 3.65. The fourth-order valence-corrected chi connectivity index (χ4v) is 2.43. The number of hydrogen-bond acceptors (Lipinski definition) is 6. The molecular formula is C18H16O7. The van der Waals surface area contributed by atoms with Crippen molar-refractivity contribution in [3.05, 3.63) is 53.6 Å². The van der Waals surface area contributed by atoms with Gasteiger partial charge in [-0.2, -0.15) is 0 Å². The van der Waals surface area contributed by atoms with Crippen LogP contribution in [0.25, 0.3) is 0 Å². The molecule has 0 unspecified atom stereocenters. The van der Waals surface area contributed by atoms with Gasteiger partial charge in [-0.15, -0.1) is 0 Å². The second-order valence-corrected chi connectivity index (χ2v) is 5.34. The fraction of sp³-hybridized carbons (Fsp3) is 0.222. The Hall–Kier alpha value is -3.22. The van der Waals surface area contributed by atoms with E-state index in [2.05, 4.69) is 0 Å². The quantitative estimate of drug-likeness (QED) is 0.635. The average molecular weight is 344 g/mol. The van der Waals surface area contributed by atoms with Crippen LogP contribution in [0.2, 0.25) is 0 Å². The molecule has 1 N–H and O–H groups in total. The molecule has 2 aromatic rings. The summed E-state index contributed by atoms with van der Waals surface area (Å²) in [6.07, 6.45) is 0. The Kier molecular flexibility index (Phi) is 4.74. The van der Waals surface area contributed by atoms with Crippen molar-refractivity contribution < 1.29 is 33.6 Å². The van der Waals surface area contributed by atoms with E-state index in [-0.39, 0.29) is 19.0 Å². The molecule has 0 saturated carbocycles. The number of carbonyl (C=O) groups excluding carboxylic acids is 1. The van der Waals surface area contributed by atoms with Crippen molar-refractivity contribution in [2.45, 2.75) is 12.5 Å². The predicted molar refractivity (Wildman–Crippen MR) is 85.7 cm³/mol. The van der Waals surface area contributed by atoms with Crippen molar-refractivity contribution in [2.75, 3.05) is 13.9 Å². The molecule has 0 amide bonds. The Morgan fingerprint density at radius 1 is 1.12 bits per heavy atom. The van der Waals surface area contributed by atoms with E-state index >= 15 is 0 Å². The summed E-state index contributed by atoms with van der Waals surface area (Å²) < 4.78 is 20.6. The molecule has 0 aliphatic carbocycles. The molecule has 0 fully saturated rings. The third-order valence-electron chi connectivity index (χ3n) is 3.75. The third-order valence-corrected chi connectivity index (χ3v) is 3.75. The number of rotatable bonds is 6. The highest BCUT2D eigenvalue weighted by atomic mass is 16.7. The molecule has 7 nitrogen and oxygen atoms in total. The van der Waals surface area contributed by atoms with Gasteiger partial charge >= 0.3 is 11.9 Å². The van der Waals surface area contributed by atoms with Crippen molar-refractivity contribution in [3.8, 4) is 17.2 Å². The Morgan fingerprint density at radius 2 is 1.84 bits per heavy atom. The van der Waals surface area contributed by atoms with Crippen LogP contribution in [0.3, 0.4) is 0 Å². The number of esters is 1. The number of carboxylic acids is 1. The molecule has 0 aromatic heterocycles. The molecular weight excluding hydrogens is 328 g/mol. The molecule has 1 aliphatic heterocycles. The van der Waals surface area contributed by atoms with E-state index in [1.54, 1.807) is 37.4 Å². The average Bonchev–Trinajstić information content (AvgIpc) is 3.08. The van der Waals surface area contributed by atoms with Gasteiger partial charge in [0.1, 0.15) is 12.4 Å². The number of ether oxygens (including phenoxy) is 4. The van der Waals surface area contributed by atoms with Crippen LogP contribution in [0.4, 0.5) is 0 Å². The summed E-state index contributed by atoms with van der Waals surface area (Å²) in [5.41, 5.74) is 1.00. The van der Waals surface area contributed by atoms with Gasteiger partial charge in [0.15, 0.2) is 17.4 Å². The largest absolute Gasteiger partial charge is 0.497 e. The van der Waals surface area contributed by atoms with E-state index in [0.29, 0.717) is 17.2 Å². The molecule has 2 aromatic carbocycles. The summed E-state index contributed by atoms with van der Waals surface area (Å²) in [5, 5.41) is 9.42. The number of benzene rings is 2. The Labute approximate surface area is 143 Å². The van der Waals surface area contributed by atoms with E-state index < -0.39 is 17.9 Å². The maximum absolute atomic E-state index is 12.3. The molecule has 3 rings (SSSR count). The summed E-state index contributed by atoms with van der Waals surface area (Å²) in [5.74, 6) is -1.97. The van der Waals surface area contributed by atoms with Gasteiger partial charge in [0, 0.05) is 0 Å². The van der Waals surface area contributed by atoms with Crippen LogP contribution in [0.15, 0.2) is 42.5 Å². The van der Waals surface area contributed by atoms with Gasteiger partial charge in [-0.1, -0.05) is 18.2 Å². The minimum Gasteiger partial charge on any atom is -0.497 e. The van der Waals surface area contributed by atoms with Crippen molar-refractivity contribution in [1.29, 1.82) is 0 Å². The second-order valence-electron chi connectivity index (χ2n) is 5.34. The van der Waals surface area contributed by atoms with Crippen LogP contribution < -0.4 is 14.2 Å². The monoisotopic (exact) mass is 344 g/mol. The first-order valence-corrected chi connectivity index (χ1v) is 7.50. The summed E-state index contributed by atoms with van der Waals surface area (Å²) in [6, 6.07) is 11.5. The van der Waals surface area contributed by atoms with Gasteiger partial charge in [-0.25, -0.2) is 0 Å². The highest BCUT2D eigenvalue weighted by Gasteiger charge is 2.31. The number of fused-ring (bicyclic) bond motifs is 1. The van der Waals surface area contributed by atoms with Gasteiger partial charge in [0.05, 0.1) is 7.11 Å². The van der Waals surface area contributed by atoms with Crippen LogP contribution in [0.1, 0.15) is 17.0 Å². The molecule has 0 spiro atoms. The van der Waals surface area contributed by atoms with Gasteiger partial charge in [-0.3, -0.25) is 9.59 Å². The Morgan fingerprint density at radius 3 is 2.52 bits per heavy atom. The van der Waals surface area contributed by atoms with Crippen LogP contribution in [0.5, 0.6) is 17.2 Å². The first-order chi connectivity index (χ1) is 12.1. The fourth-order valence-electron chi connectivity index (χ4n) is 2.43. The maximum Gasteiger partial charge on any atom is 0.325 e. The zero-order valence-electron chi connectivity index (χ0n) is 13.4. The van der Waals surface area contributed by atoms with E-state index in [4.69, 9.17) is 18.9 Å². The van der Waals surface area contributed by atoms with Crippen LogP contribution in [0, 0.1) is 0 Å². The lowest BCUT2D eigenvalue weighted by Crippen LogP contribution is -2.23. The van der Waals surface area contributed by atoms with Gasteiger partial charge in [0.2, 0.25) is 6.79 Å². The minimum atomic E-state index is -1.44. The standard InChI is InChI=1S/C18H16O7/c1-22-13-5-2-11(3-6-13)9-23-18(21)16(17(19)20)12-4-7-14-15(8-12)25-10-24-14/h2-8,16H,9-10H2,1H3,(H,19,20)/t16-/m1/s1. The van der Waals surface area contributed by atoms with Gasteiger partial charge in [0.25, 0.3) is 0 Å². The number of hydrogen-bond donors (Lipinski definition) is 1. The number of carboxylic acid groups (broad SMARTS) is 1. The Balaban J connectivity index is 1.71. The number of methoxy groups -OCH3 is 1. The van der Waals surface area contributed by atoms with E-state index in [0.717, 1.165) is 5.56 Å². The molecule has 130 valence electrons. The summed E-state index contributed by atoms with van der Waals surface area (Å²) in [4.78, 5) is 23.8. The summed E-state index contributed by atoms with van der Waals surface area (Å²) in [7, 11) is 1.55. The molecule has 1 atom stereocenters. The first kappa shape index (κ1) is 16.6. The Bertz CT molecular complexity index is 783. The van der Waals surface area contributed by atoms with Gasteiger partial charge in [-0.05, 0) is 35.4 Å². The zero-order chi connectivity index (χ0) is 17.8. The smallest absolute Gasteiger partial charge is 0.325 e. The molecule has 1 heterocycles. The lowest BCUT2D eigenvalue weighted by atomic mass is 9.99. The minimum absolute atomic E-state index is 0.0306. The van der Waals surface area contributed by atoms with E-state index in [9.17, 15) is 14.7 Å². The van der Waals surface area contributed by atoms with Crippen LogP contribution in [-0.2, 0) is 20.9 Å². The lowest BCUT2D eigenvalue weighted by Gasteiger charge is -2.13. The lowest BCUT2D eigenvalue weighted by molar-refractivity contribution is -0.155. The first-order valence-electron chi connectivity index (χ1n) is 7.50.